The van der Waals surface area contributed by atoms with E-state index in [0.717, 1.165) is 17.5 Å². The second-order valence-electron chi connectivity index (χ2n) is 4.49. The van der Waals surface area contributed by atoms with Gasteiger partial charge >= 0.3 is 0 Å². The van der Waals surface area contributed by atoms with Gasteiger partial charge in [0.1, 0.15) is 0 Å². The second kappa shape index (κ2) is 6.09. The lowest BCUT2D eigenvalue weighted by Crippen LogP contribution is -2.29. The number of rotatable bonds is 5. The minimum Gasteiger partial charge on any atom is -0.548 e. The van der Waals surface area contributed by atoms with Gasteiger partial charge in [-0.3, -0.25) is 9.11 Å². The largest absolute Gasteiger partial charge is 0.548 e. The van der Waals surface area contributed by atoms with Crippen LogP contribution in [-0.4, -0.2) is 20.8 Å². The first-order chi connectivity index (χ1) is 9.47. The van der Waals surface area contributed by atoms with Gasteiger partial charge in [-0.05, 0) is 29.7 Å². The van der Waals surface area contributed by atoms with Crippen molar-refractivity contribution in [2.24, 2.45) is 0 Å². The van der Waals surface area contributed by atoms with Gasteiger partial charge in [0.15, 0.2) is 0 Å². The summed E-state index contributed by atoms with van der Waals surface area (Å²) in [6, 6.07) is 16.5. The average molecular weight is 291 g/mol. The van der Waals surface area contributed by atoms with Gasteiger partial charge in [-0.2, -0.15) is 10.6 Å². The van der Waals surface area contributed by atoms with Crippen molar-refractivity contribution in [2.75, 3.05) is 5.75 Å². The minimum absolute atomic E-state index is 0.221. The molecule has 4 nitrogen and oxygen atoms in total. The van der Waals surface area contributed by atoms with Crippen LogP contribution in [0.15, 0.2) is 59.5 Å². The number of hydrogen-bond acceptors (Lipinski definition) is 4. The van der Waals surface area contributed by atoms with Crippen molar-refractivity contribution < 1.29 is 19.0 Å². The summed E-state index contributed by atoms with van der Waals surface area (Å²) in [5.74, 6) is -2.25. The van der Waals surface area contributed by atoms with E-state index >= 15 is 0 Å². The van der Waals surface area contributed by atoms with Crippen molar-refractivity contribution >= 4 is 16.6 Å². The standard InChI is InChI=1S/C15H16O4S/c16-15(17)11-20(18,19)14-8-6-13(7-9-14)10-12-4-2-1-3-5-12/h1-9,18-19H,10-11H2,(H,16,17)/p-1. The van der Waals surface area contributed by atoms with Gasteiger partial charge in [-0.25, -0.2) is 0 Å². The summed E-state index contributed by atoms with van der Waals surface area (Å²) in [6.07, 6.45) is 0.737. The lowest BCUT2D eigenvalue weighted by atomic mass is 10.1. The molecular formula is C15H15O4S-. The highest BCUT2D eigenvalue weighted by molar-refractivity contribution is 8.24. The van der Waals surface area contributed by atoms with Crippen molar-refractivity contribution in [3.05, 3.63) is 65.7 Å². The third-order valence-corrected chi connectivity index (χ3v) is 4.54. The van der Waals surface area contributed by atoms with E-state index in [0.29, 0.717) is 0 Å². The van der Waals surface area contributed by atoms with Gasteiger partial charge in [-0.15, -0.1) is 0 Å². The zero-order valence-corrected chi connectivity index (χ0v) is 11.5. The Labute approximate surface area is 119 Å². The Kier molecular flexibility index (Phi) is 4.44. The van der Waals surface area contributed by atoms with Crippen LogP contribution < -0.4 is 5.11 Å². The fraction of sp³-hybridized carbons (Fsp3) is 0.133. The molecule has 0 saturated carbocycles. The molecule has 20 heavy (non-hydrogen) atoms. The molecule has 0 heterocycles. The molecule has 2 rings (SSSR count). The first-order valence-corrected chi connectivity index (χ1v) is 7.77. The number of carbonyl (C=O) groups excluding carboxylic acids is 1. The van der Waals surface area contributed by atoms with E-state index in [9.17, 15) is 19.0 Å². The van der Waals surface area contributed by atoms with Crippen LogP contribution in [-0.2, 0) is 11.2 Å². The SMILES string of the molecule is O=C([O-])CS(O)(O)c1ccc(Cc2ccccc2)cc1. The summed E-state index contributed by atoms with van der Waals surface area (Å²) < 4.78 is 19.5. The third kappa shape index (κ3) is 3.84. The maximum Gasteiger partial charge on any atom is 0.0820 e. The normalized spacial score (nSPS) is 12.1. The Morgan fingerprint density at radius 3 is 2.05 bits per heavy atom. The Morgan fingerprint density at radius 1 is 0.950 bits per heavy atom. The number of carbonyl (C=O) groups is 1. The second-order valence-corrected chi connectivity index (χ2v) is 6.58. The van der Waals surface area contributed by atoms with Crippen LogP contribution >= 0.6 is 10.6 Å². The summed E-state index contributed by atoms with van der Waals surface area (Å²) in [4.78, 5) is 10.7. The highest BCUT2D eigenvalue weighted by atomic mass is 32.3. The first-order valence-electron chi connectivity index (χ1n) is 6.06. The molecular weight excluding hydrogens is 276 g/mol. The molecule has 0 fully saturated rings. The van der Waals surface area contributed by atoms with E-state index in [4.69, 9.17) is 0 Å². The smallest absolute Gasteiger partial charge is 0.0820 e. The van der Waals surface area contributed by atoms with Crippen molar-refractivity contribution in [1.29, 1.82) is 0 Å². The summed E-state index contributed by atoms with van der Waals surface area (Å²) in [6.45, 7) is 0. The molecule has 0 bridgehead atoms. The van der Waals surface area contributed by atoms with Gasteiger partial charge in [0.25, 0.3) is 0 Å². The lowest BCUT2D eigenvalue weighted by molar-refractivity contribution is -0.301. The van der Waals surface area contributed by atoms with E-state index in [1.807, 2.05) is 30.3 Å². The molecule has 2 aromatic rings. The van der Waals surface area contributed by atoms with Gasteiger partial charge in [0.05, 0.1) is 16.6 Å². The monoisotopic (exact) mass is 291 g/mol. The maximum atomic E-state index is 10.5. The highest BCUT2D eigenvalue weighted by Crippen LogP contribution is 2.47. The molecule has 0 spiro atoms. The number of benzene rings is 2. The molecule has 0 radical (unpaired) electrons. The predicted octanol–water partition coefficient (Wildman–Crippen LogP) is 2.14. The zero-order chi connectivity index (χ0) is 14.6. The Hall–Kier alpha value is -1.82. The highest BCUT2D eigenvalue weighted by Gasteiger charge is 2.15. The van der Waals surface area contributed by atoms with Gasteiger partial charge in [-0.1, -0.05) is 42.5 Å². The molecule has 2 N–H and O–H groups in total. The maximum absolute atomic E-state index is 10.5. The van der Waals surface area contributed by atoms with E-state index < -0.39 is 22.3 Å². The number of carboxylic acids is 1. The van der Waals surface area contributed by atoms with Crippen molar-refractivity contribution in [3.63, 3.8) is 0 Å². The number of hydrogen-bond donors (Lipinski definition) is 2. The zero-order valence-electron chi connectivity index (χ0n) is 10.7. The van der Waals surface area contributed by atoms with Crippen LogP contribution in [0.5, 0.6) is 0 Å². The van der Waals surface area contributed by atoms with E-state index in [1.165, 1.54) is 0 Å². The molecule has 2 aromatic carbocycles. The van der Waals surface area contributed by atoms with Gasteiger partial charge in [0.2, 0.25) is 0 Å². The topological polar surface area (TPSA) is 80.6 Å². The van der Waals surface area contributed by atoms with Gasteiger partial charge in [0, 0.05) is 0 Å². The summed E-state index contributed by atoms with van der Waals surface area (Å²) in [5.41, 5.74) is 2.17. The predicted molar refractivity (Wildman–Crippen MR) is 76.7 cm³/mol. The Morgan fingerprint density at radius 2 is 1.50 bits per heavy atom. The van der Waals surface area contributed by atoms with Crippen LogP contribution in [0.25, 0.3) is 0 Å². The van der Waals surface area contributed by atoms with E-state index in [2.05, 4.69) is 0 Å². The molecule has 0 saturated heterocycles. The molecule has 0 aliphatic carbocycles. The molecule has 0 amide bonds. The summed E-state index contributed by atoms with van der Waals surface area (Å²) in [5, 5.41) is 10.5. The Bertz CT molecular complexity index is 579. The molecule has 0 atom stereocenters. The molecule has 0 aliphatic heterocycles. The molecule has 0 aliphatic rings. The Balaban J connectivity index is 2.12. The number of carboxylic acid groups (broad SMARTS) is 1. The fourth-order valence-corrected chi connectivity index (χ4v) is 2.97. The molecule has 0 unspecified atom stereocenters. The van der Waals surface area contributed by atoms with E-state index in [1.54, 1.807) is 24.3 Å². The minimum atomic E-state index is -3.31. The van der Waals surface area contributed by atoms with Crippen LogP contribution in [0.2, 0.25) is 0 Å². The first kappa shape index (κ1) is 14.6. The van der Waals surface area contributed by atoms with Crippen LogP contribution in [0.3, 0.4) is 0 Å². The average Bonchev–Trinajstić information content (AvgIpc) is 2.39. The summed E-state index contributed by atoms with van der Waals surface area (Å²) in [7, 11) is -3.31. The fourth-order valence-electron chi connectivity index (χ4n) is 1.90. The van der Waals surface area contributed by atoms with Gasteiger partial charge < -0.3 is 9.90 Å². The summed E-state index contributed by atoms with van der Waals surface area (Å²) >= 11 is 0. The van der Waals surface area contributed by atoms with Crippen molar-refractivity contribution in [3.8, 4) is 0 Å². The van der Waals surface area contributed by atoms with Crippen molar-refractivity contribution in [2.45, 2.75) is 11.3 Å². The van der Waals surface area contributed by atoms with E-state index in [-0.39, 0.29) is 4.90 Å². The third-order valence-electron chi connectivity index (χ3n) is 2.87. The van der Waals surface area contributed by atoms with Crippen molar-refractivity contribution in [1.82, 2.24) is 0 Å². The lowest BCUT2D eigenvalue weighted by Gasteiger charge is -2.32. The van der Waals surface area contributed by atoms with Crippen LogP contribution in [0, 0.1) is 0 Å². The van der Waals surface area contributed by atoms with Crippen LogP contribution in [0.4, 0.5) is 0 Å². The molecule has 5 heteroatoms. The number of aliphatic carboxylic acids is 1. The van der Waals surface area contributed by atoms with Crippen LogP contribution in [0.1, 0.15) is 11.1 Å². The quantitative estimate of drug-likeness (QED) is 0.884. The molecule has 106 valence electrons. The molecule has 0 aromatic heterocycles.